The van der Waals surface area contributed by atoms with Crippen LogP contribution in [0.2, 0.25) is 0 Å². The molecule has 6 heteroatoms. The molecular weight excluding hydrogens is 356 g/mol. The number of hydrogen-bond donors (Lipinski definition) is 1. The van der Waals surface area contributed by atoms with Gasteiger partial charge in [-0.25, -0.2) is 4.99 Å². The highest BCUT2D eigenvalue weighted by molar-refractivity contribution is 6.26. The van der Waals surface area contributed by atoms with E-state index in [4.69, 9.17) is 4.74 Å². The lowest BCUT2D eigenvalue weighted by atomic mass is 9.90. The molecule has 0 aromatic heterocycles. The van der Waals surface area contributed by atoms with E-state index >= 15 is 0 Å². The molecule has 0 radical (unpaired) electrons. The minimum Gasteiger partial charge on any atom is -0.505 e. The fraction of sp³-hybridized carbons (Fsp3) is 0.227. The van der Waals surface area contributed by atoms with Gasteiger partial charge < -0.3 is 14.7 Å². The van der Waals surface area contributed by atoms with Crippen molar-refractivity contribution in [2.24, 2.45) is 4.99 Å². The molecule has 1 heterocycles. The predicted octanol–water partition coefficient (Wildman–Crippen LogP) is 4.05. The standard InChI is InChI=1S/C22H20N2O4/c1-28-15-11-9-14(10-12-15)24-13-17(23-16-5-2-3-6-18(16)24)22(27)21-19(25)7-4-8-20(21)26/h2-3,5-6,9-12,27H,4,7-8,13H2,1H3. The molecule has 1 saturated carbocycles. The van der Waals surface area contributed by atoms with Crippen LogP contribution in [0.3, 0.4) is 0 Å². The summed E-state index contributed by atoms with van der Waals surface area (Å²) in [6, 6.07) is 15.1. The van der Waals surface area contributed by atoms with E-state index in [2.05, 4.69) is 4.99 Å². The molecule has 0 unspecified atom stereocenters. The number of allylic oxidation sites excluding steroid dienone is 1. The fourth-order valence-electron chi connectivity index (χ4n) is 3.55. The Labute approximate surface area is 162 Å². The van der Waals surface area contributed by atoms with Crippen LogP contribution >= 0.6 is 0 Å². The van der Waals surface area contributed by atoms with Crippen molar-refractivity contribution in [1.29, 1.82) is 0 Å². The van der Waals surface area contributed by atoms with Gasteiger partial charge in [-0.2, -0.15) is 0 Å². The highest BCUT2D eigenvalue weighted by Crippen LogP contribution is 2.38. The molecular formula is C22H20N2O4. The topological polar surface area (TPSA) is 79.2 Å². The van der Waals surface area contributed by atoms with E-state index in [1.54, 1.807) is 7.11 Å². The number of fused-ring (bicyclic) bond motifs is 1. The van der Waals surface area contributed by atoms with Crippen LogP contribution in [0.25, 0.3) is 0 Å². The second kappa shape index (κ2) is 7.31. The van der Waals surface area contributed by atoms with Crippen LogP contribution in [0.5, 0.6) is 5.75 Å². The molecule has 2 aromatic carbocycles. The molecule has 2 aromatic rings. The second-order valence-corrected chi connectivity index (χ2v) is 6.75. The summed E-state index contributed by atoms with van der Waals surface area (Å²) in [4.78, 5) is 31.0. The molecule has 0 bridgehead atoms. The van der Waals surface area contributed by atoms with E-state index in [9.17, 15) is 14.7 Å². The lowest BCUT2D eigenvalue weighted by Crippen LogP contribution is -2.32. The Balaban J connectivity index is 1.79. The van der Waals surface area contributed by atoms with Gasteiger partial charge in [0.1, 0.15) is 17.0 Å². The van der Waals surface area contributed by atoms with Gasteiger partial charge in [0.15, 0.2) is 17.3 Å². The van der Waals surface area contributed by atoms with Gasteiger partial charge in [-0.15, -0.1) is 0 Å². The van der Waals surface area contributed by atoms with E-state index < -0.39 is 0 Å². The highest BCUT2D eigenvalue weighted by atomic mass is 16.5. The van der Waals surface area contributed by atoms with E-state index in [0.717, 1.165) is 17.1 Å². The number of ether oxygens (including phenoxy) is 1. The highest BCUT2D eigenvalue weighted by Gasteiger charge is 2.31. The molecule has 0 amide bonds. The first-order valence-corrected chi connectivity index (χ1v) is 9.16. The van der Waals surface area contributed by atoms with Crippen molar-refractivity contribution in [3.8, 4) is 5.75 Å². The Morgan fingerprint density at radius 3 is 2.39 bits per heavy atom. The van der Waals surface area contributed by atoms with Crippen molar-refractivity contribution < 1.29 is 19.4 Å². The summed E-state index contributed by atoms with van der Waals surface area (Å²) >= 11 is 0. The van der Waals surface area contributed by atoms with Crippen LogP contribution in [0.15, 0.2) is 64.9 Å². The third-order valence-electron chi connectivity index (χ3n) is 5.00. The molecule has 0 saturated heterocycles. The number of carbonyl (C=O) groups excluding carboxylic acids is 2. The Kier molecular flexibility index (Phi) is 4.69. The van der Waals surface area contributed by atoms with Crippen molar-refractivity contribution in [2.45, 2.75) is 19.3 Å². The van der Waals surface area contributed by atoms with Gasteiger partial charge in [0.25, 0.3) is 0 Å². The zero-order valence-corrected chi connectivity index (χ0v) is 15.5. The van der Waals surface area contributed by atoms with Crippen molar-refractivity contribution in [3.05, 3.63) is 59.9 Å². The number of aliphatic hydroxyl groups is 1. The van der Waals surface area contributed by atoms with Gasteiger partial charge in [0.05, 0.1) is 25.0 Å². The van der Waals surface area contributed by atoms with Crippen LogP contribution in [0.1, 0.15) is 19.3 Å². The SMILES string of the molecule is COc1ccc(N2CC(C(O)=C3C(=O)CCCC3=O)=Nc3ccccc32)cc1. The summed E-state index contributed by atoms with van der Waals surface area (Å²) in [5, 5.41) is 10.8. The van der Waals surface area contributed by atoms with Gasteiger partial charge in [-0.3, -0.25) is 9.59 Å². The first kappa shape index (κ1) is 18.0. The first-order chi connectivity index (χ1) is 13.6. The molecule has 1 aliphatic heterocycles. The summed E-state index contributed by atoms with van der Waals surface area (Å²) in [6.07, 6.45) is 1.08. The molecule has 6 nitrogen and oxygen atoms in total. The third-order valence-corrected chi connectivity index (χ3v) is 5.00. The maximum absolute atomic E-state index is 12.2. The van der Waals surface area contributed by atoms with Crippen molar-refractivity contribution in [1.82, 2.24) is 0 Å². The van der Waals surface area contributed by atoms with E-state index in [1.807, 2.05) is 53.4 Å². The van der Waals surface area contributed by atoms with Gasteiger partial charge in [0, 0.05) is 18.5 Å². The zero-order valence-electron chi connectivity index (χ0n) is 15.5. The van der Waals surface area contributed by atoms with Crippen LogP contribution in [0, 0.1) is 0 Å². The zero-order chi connectivity index (χ0) is 19.7. The van der Waals surface area contributed by atoms with Crippen molar-refractivity contribution >= 4 is 34.3 Å². The lowest BCUT2D eigenvalue weighted by molar-refractivity contribution is -0.124. The third kappa shape index (κ3) is 3.17. The van der Waals surface area contributed by atoms with Gasteiger partial charge >= 0.3 is 0 Å². The largest absolute Gasteiger partial charge is 0.505 e. The molecule has 1 aliphatic carbocycles. The Bertz CT molecular complexity index is 987. The minimum atomic E-state index is -0.314. The number of carbonyl (C=O) groups is 2. The molecule has 1 fully saturated rings. The second-order valence-electron chi connectivity index (χ2n) is 6.75. The summed E-state index contributed by atoms with van der Waals surface area (Å²) in [7, 11) is 1.61. The maximum atomic E-state index is 12.2. The normalized spacial score (nSPS) is 16.5. The smallest absolute Gasteiger partial charge is 0.170 e. The molecule has 28 heavy (non-hydrogen) atoms. The Hall–Kier alpha value is -3.41. The van der Waals surface area contributed by atoms with E-state index in [0.29, 0.717) is 17.8 Å². The summed E-state index contributed by atoms with van der Waals surface area (Å²) in [6.45, 7) is 0.249. The van der Waals surface area contributed by atoms with E-state index in [1.165, 1.54) is 0 Å². The Morgan fingerprint density at radius 2 is 1.71 bits per heavy atom. The number of para-hydroxylation sites is 2. The fourth-order valence-corrected chi connectivity index (χ4v) is 3.55. The first-order valence-electron chi connectivity index (χ1n) is 9.16. The number of rotatable bonds is 3. The maximum Gasteiger partial charge on any atom is 0.170 e. The number of ketones is 2. The van der Waals surface area contributed by atoms with Gasteiger partial charge in [-0.05, 0) is 42.8 Å². The van der Waals surface area contributed by atoms with Crippen molar-refractivity contribution in [2.75, 3.05) is 18.6 Å². The molecule has 4 rings (SSSR count). The van der Waals surface area contributed by atoms with Crippen LogP contribution < -0.4 is 9.64 Å². The molecule has 0 spiro atoms. The Morgan fingerprint density at radius 1 is 1.04 bits per heavy atom. The summed E-state index contributed by atoms with van der Waals surface area (Å²) in [5.41, 5.74) is 2.64. The van der Waals surface area contributed by atoms with Gasteiger partial charge in [0.2, 0.25) is 0 Å². The number of Topliss-reactive ketones (excluding diaryl/α,β-unsaturated/α-hetero) is 2. The molecule has 1 N–H and O–H groups in total. The monoisotopic (exact) mass is 376 g/mol. The predicted molar refractivity (Wildman–Crippen MR) is 107 cm³/mol. The lowest BCUT2D eigenvalue weighted by Gasteiger charge is -2.31. The molecule has 142 valence electrons. The van der Waals surface area contributed by atoms with E-state index in [-0.39, 0.29) is 42.3 Å². The minimum absolute atomic E-state index is 0.112. The van der Waals surface area contributed by atoms with Gasteiger partial charge in [-0.1, -0.05) is 12.1 Å². The molecule has 0 atom stereocenters. The quantitative estimate of drug-likeness (QED) is 0.497. The number of anilines is 2. The van der Waals surface area contributed by atoms with Crippen LogP contribution in [-0.4, -0.2) is 36.0 Å². The summed E-state index contributed by atoms with van der Waals surface area (Å²) < 4.78 is 5.22. The number of hydrogen-bond acceptors (Lipinski definition) is 6. The number of nitrogens with zero attached hydrogens (tertiary/aromatic N) is 2. The van der Waals surface area contributed by atoms with Crippen LogP contribution in [-0.2, 0) is 9.59 Å². The number of aliphatic hydroxyl groups excluding tert-OH is 1. The summed E-state index contributed by atoms with van der Waals surface area (Å²) in [5.74, 6) is -0.188. The van der Waals surface area contributed by atoms with Crippen LogP contribution in [0.4, 0.5) is 17.1 Å². The number of benzene rings is 2. The average molecular weight is 376 g/mol. The van der Waals surface area contributed by atoms with Crippen molar-refractivity contribution in [3.63, 3.8) is 0 Å². The number of aliphatic imine (C=N–C) groups is 1. The molecule has 2 aliphatic rings. The number of methoxy groups -OCH3 is 1. The average Bonchev–Trinajstić information content (AvgIpc) is 2.73.